The van der Waals surface area contributed by atoms with E-state index in [9.17, 15) is 9.59 Å². The Bertz CT molecular complexity index is 2130. The van der Waals surface area contributed by atoms with E-state index in [4.69, 9.17) is 30.8 Å². The number of esters is 1. The van der Waals surface area contributed by atoms with Gasteiger partial charge in [-0.3, -0.25) is 9.36 Å². The minimum Gasteiger partial charge on any atom is -0.493 e. The van der Waals surface area contributed by atoms with Gasteiger partial charge in [0.2, 0.25) is 0 Å². The fraction of sp³-hybridized carbons (Fsp3) is 0.162. The minimum absolute atomic E-state index is 0.181. The highest BCUT2D eigenvalue weighted by Crippen LogP contribution is 2.38. The average molecular weight is 683 g/mol. The summed E-state index contributed by atoms with van der Waals surface area (Å²) < 4.78 is 19.2. The van der Waals surface area contributed by atoms with Crippen LogP contribution in [0.5, 0.6) is 11.5 Å². The van der Waals surface area contributed by atoms with Crippen molar-refractivity contribution in [2.75, 3.05) is 20.0 Å². The first-order valence-corrected chi connectivity index (χ1v) is 17.3. The molecule has 0 saturated heterocycles. The number of nitrogens with zero attached hydrogens (tertiary/aromatic N) is 2. The van der Waals surface area contributed by atoms with Gasteiger partial charge in [0.25, 0.3) is 5.56 Å². The Labute approximate surface area is 285 Å². The van der Waals surface area contributed by atoms with E-state index >= 15 is 0 Å². The summed E-state index contributed by atoms with van der Waals surface area (Å²) in [5, 5.41) is 0.349. The van der Waals surface area contributed by atoms with Gasteiger partial charge < -0.3 is 14.2 Å². The van der Waals surface area contributed by atoms with Crippen molar-refractivity contribution in [1.29, 1.82) is 0 Å². The van der Waals surface area contributed by atoms with Crippen molar-refractivity contribution in [3.63, 3.8) is 0 Å². The molecule has 47 heavy (non-hydrogen) atoms. The molecule has 10 heteroatoms. The number of benzene rings is 4. The lowest BCUT2D eigenvalue weighted by atomic mass is 9.93. The van der Waals surface area contributed by atoms with E-state index in [2.05, 4.69) is 0 Å². The molecule has 1 aliphatic rings. The lowest BCUT2D eigenvalue weighted by Gasteiger charge is -2.26. The summed E-state index contributed by atoms with van der Waals surface area (Å²) >= 11 is 9.56. The molecule has 0 spiro atoms. The molecule has 7 nitrogen and oxygen atoms in total. The van der Waals surface area contributed by atoms with Crippen molar-refractivity contribution in [2.24, 2.45) is 4.99 Å². The minimum atomic E-state index is -0.759. The van der Waals surface area contributed by atoms with E-state index in [0.717, 1.165) is 21.6 Å². The monoisotopic (exact) mass is 682 g/mol. The average Bonchev–Trinajstić information content (AvgIpc) is 3.41. The quantitative estimate of drug-likeness (QED) is 0.118. The molecule has 1 aromatic heterocycles. The second-order valence-electron chi connectivity index (χ2n) is 10.5. The molecule has 238 valence electrons. The first kappa shape index (κ1) is 32.4. The SMILES string of the molecule is CCOC(=O)C1=C(c2ccccc2)N=c2s/c(=C\c3cc(Cl)c(OCc4ccccc4)c(OC)c3)c(=O)n2[C@H]1c1ccc(SC)cc1. The molecule has 0 unspecified atom stereocenters. The van der Waals surface area contributed by atoms with Gasteiger partial charge in [0.1, 0.15) is 6.61 Å². The normalized spacial score (nSPS) is 14.4. The van der Waals surface area contributed by atoms with Crippen LogP contribution in [0, 0.1) is 0 Å². The summed E-state index contributed by atoms with van der Waals surface area (Å²) in [7, 11) is 1.54. The summed E-state index contributed by atoms with van der Waals surface area (Å²) in [6.07, 6.45) is 3.75. The molecular formula is C37H31ClN2O5S2. The molecule has 5 aromatic rings. The highest BCUT2D eigenvalue weighted by Gasteiger charge is 2.35. The maximum Gasteiger partial charge on any atom is 0.338 e. The van der Waals surface area contributed by atoms with E-state index in [1.165, 1.54) is 11.3 Å². The van der Waals surface area contributed by atoms with Crippen LogP contribution in [0.1, 0.15) is 35.2 Å². The number of hydrogen-bond donors (Lipinski definition) is 0. The highest BCUT2D eigenvalue weighted by molar-refractivity contribution is 7.98. The number of fused-ring (bicyclic) bond motifs is 1. The Hall–Kier alpha value is -4.57. The van der Waals surface area contributed by atoms with E-state index in [0.29, 0.717) is 49.3 Å². The van der Waals surface area contributed by atoms with E-state index in [1.54, 1.807) is 48.6 Å². The van der Waals surface area contributed by atoms with Crippen LogP contribution in [-0.2, 0) is 16.1 Å². The van der Waals surface area contributed by atoms with Gasteiger partial charge in [-0.15, -0.1) is 11.8 Å². The third-order valence-corrected chi connectivity index (χ3v) is 9.59. The van der Waals surface area contributed by atoms with Crippen molar-refractivity contribution in [1.82, 2.24) is 4.57 Å². The van der Waals surface area contributed by atoms with Gasteiger partial charge in [0, 0.05) is 10.5 Å². The molecule has 0 N–H and O–H groups in total. The van der Waals surface area contributed by atoms with Crippen LogP contribution >= 0.6 is 34.7 Å². The molecule has 1 atom stereocenters. The molecule has 0 saturated carbocycles. The molecular weight excluding hydrogens is 652 g/mol. The van der Waals surface area contributed by atoms with Crippen molar-refractivity contribution >= 4 is 52.4 Å². The molecule has 4 aromatic carbocycles. The largest absolute Gasteiger partial charge is 0.493 e. The van der Waals surface area contributed by atoms with Crippen LogP contribution in [0.4, 0.5) is 0 Å². The number of carbonyl (C=O) groups excluding carboxylic acids is 1. The summed E-state index contributed by atoms with van der Waals surface area (Å²) in [6.45, 7) is 2.26. The number of hydrogen-bond acceptors (Lipinski definition) is 8. The molecule has 2 heterocycles. The summed E-state index contributed by atoms with van der Waals surface area (Å²) in [6, 6.07) is 29.9. The van der Waals surface area contributed by atoms with Gasteiger partial charge in [-0.25, -0.2) is 9.79 Å². The number of halogens is 1. The fourth-order valence-corrected chi connectivity index (χ4v) is 7.07. The molecule has 6 rings (SSSR count). The van der Waals surface area contributed by atoms with Crippen LogP contribution in [0.25, 0.3) is 11.8 Å². The maximum atomic E-state index is 14.3. The summed E-state index contributed by atoms with van der Waals surface area (Å²) in [5.74, 6) is 0.331. The molecule has 0 radical (unpaired) electrons. The molecule has 0 fully saturated rings. The Morgan fingerprint density at radius 1 is 1.02 bits per heavy atom. The topological polar surface area (TPSA) is 79.1 Å². The molecule has 1 aliphatic heterocycles. The first-order valence-electron chi connectivity index (χ1n) is 14.9. The highest BCUT2D eigenvalue weighted by atomic mass is 35.5. The number of ether oxygens (including phenoxy) is 3. The van der Waals surface area contributed by atoms with Crippen molar-refractivity contribution in [3.8, 4) is 11.5 Å². The number of rotatable bonds is 10. The van der Waals surface area contributed by atoms with E-state index < -0.39 is 12.0 Å². The zero-order valence-corrected chi connectivity index (χ0v) is 28.3. The number of carbonyl (C=O) groups is 1. The predicted octanol–water partition coefficient (Wildman–Crippen LogP) is 6.90. The molecule has 0 bridgehead atoms. The van der Waals surface area contributed by atoms with Crippen LogP contribution in [0.3, 0.4) is 0 Å². The number of methoxy groups -OCH3 is 1. The zero-order valence-electron chi connectivity index (χ0n) is 25.9. The number of thiazole rings is 1. The summed E-state index contributed by atoms with van der Waals surface area (Å²) in [4.78, 5) is 34.4. The lowest BCUT2D eigenvalue weighted by Crippen LogP contribution is -2.40. The second kappa shape index (κ2) is 14.5. The Morgan fingerprint density at radius 2 is 1.72 bits per heavy atom. The fourth-order valence-electron chi connectivity index (χ4n) is 5.39. The summed E-state index contributed by atoms with van der Waals surface area (Å²) in [5.41, 5.74) is 3.65. The van der Waals surface area contributed by atoms with Crippen molar-refractivity contribution < 1.29 is 19.0 Å². The standard InChI is InChI=1S/C37H31ClN2O5S2/c1-4-44-36(42)31-32(25-13-9-6-10-14-25)39-37-40(33(31)26-15-17-27(46-3)18-16-26)35(41)30(47-37)21-24-19-28(38)34(29(20-24)43-2)45-22-23-11-7-5-8-12-23/h5-21,33H,4,22H2,1-3H3/b30-21-/t33-/m0/s1. The predicted molar refractivity (Wildman–Crippen MR) is 188 cm³/mol. The first-order chi connectivity index (χ1) is 22.9. The van der Waals surface area contributed by atoms with E-state index in [1.807, 2.05) is 91.2 Å². The van der Waals surface area contributed by atoms with Gasteiger partial charge in [-0.05, 0) is 60.2 Å². The third kappa shape index (κ3) is 6.79. The van der Waals surface area contributed by atoms with Crippen LogP contribution in [0.2, 0.25) is 5.02 Å². The molecule has 0 aliphatic carbocycles. The molecule has 0 amide bonds. The Balaban J connectivity index is 1.50. The van der Waals surface area contributed by atoms with Crippen LogP contribution in [-0.4, -0.2) is 30.5 Å². The van der Waals surface area contributed by atoms with Crippen molar-refractivity contribution in [2.45, 2.75) is 24.5 Å². The van der Waals surface area contributed by atoms with Crippen molar-refractivity contribution in [3.05, 3.63) is 150 Å². The van der Waals surface area contributed by atoms with Gasteiger partial charge in [-0.2, -0.15) is 0 Å². The Morgan fingerprint density at radius 3 is 2.38 bits per heavy atom. The van der Waals surface area contributed by atoms with Crippen LogP contribution < -0.4 is 24.4 Å². The maximum absolute atomic E-state index is 14.3. The second-order valence-corrected chi connectivity index (χ2v) is 12.8. The van der Waals surface area contributed by atoms with Gasteiger partial charge in [-0.1, -0.05) is 95.7 Å². The van der Waals surface area contributed by atoms with Crippen LogP contribution in [0.15, 0.2) is 117 Å². The Kier molecular flexibility index (Phi) is 9.96. The van der Waals surface area contributed by atoms with Gasteiger partial charge >= 0.3 is 5.97 Å². The zero-order chi connectivity index (χ0) is 32.9. The smallest absolute Gasteiger partial charge is 0.338 e. The van der Waals surface area contributed by atoms with E-state index in [-0.39, 0.29) is 12.2 Å². The number of thioether (sulfide) groups is 1. The third-order valence-electron chi connectivity index (χ3n) is 7.58. The number of aromatic nitrogens is 1. The van der Waals surface area contributed by atoms with Gasteiger partial charge in [0.05, 0.1) is 40.6 Å². The van der Waals surface area contributed by atoms with Gasteiger partial charge in [0.15, 0.2) is 16.3 Å². The lowest BCUT2D eigenvalue weighted by molar-refractivity contribution is -0.138.